The molecule has 6 nitrogen and oxygen atoms in total. The fraction of sp³-hybridized carbons (Fsp3) is 0.0952. The lowest BCUT2D eigenvalue weighted by Crippen LogP contribution is -2.23. The lowest BCUT2D eigenvalue weighted by Gasteiger charge is -2.06. The fourth-order valence-corrected chi connectivity index (χ4v) is 2.70. The van der Waals surface area contributed by atoms with E-state index in [4.69, 9.17) is 8.94 Å². The summed E-state index contributed by atoms with van der Waals surface area (Å²) >= 11 is 0. The van der Waals surface area contributed by atoms with Crippen molar-refractivity contribution in [1.82, 2.24) is 15.5 Å². The largest absolute Gasteiger partial charge is 0.467 e. The molecule has 0 aliphatic rings. The minimum atomic E-state index is -0.239. The molecule has 4 rings (SSSR count). The van der Waals surface area contributed by atoms with Gasteiger partial charge in [-0.1, -0.05) is 47.1 Å². The summed E-state index contributed by atoms with van der Waals surface area (Å²) in [7, 11) is 0. The first-order chi connectivity index (χ1) is 13.2. The van der Waals surface area contributed by atoms with Gasteiger partial charge in [-0.25, -0.2) is 0 Å². The maximum Gasteiger partial charge on any atom is 0.259 e. The number of furan rings is 1. The molecule has 1 amide bonds. The summed E-state index contributed by atoms with van der Waals surface area (Å²) in [5, 5.41) is 6.88. The lowest BCUT2D eigenvalue weighted by molar-refractivity contribution is 0.0948. The molecule has 2 heterocycles. The van der Waals surface area contributed by atoms with Gasteiger partial charge in [0, 0.05) is 5.56 Å². The zero-order valence-electron chi connectivity index (χ0n) is 14.7. The molecule has 6 heteroatoms. The van der Waals surface area contributed by atoms with Crippen LogP contribution in [0.5, 0.6) is 0 Å². The highest BCUT2D eigenvalue weighted by Gasteiger charge is 2.18. The third-order valence-corrected chi connectivity index (χ3v) is 4.14. The van der Waals surface area contributed by atoms with E-state index >= 15 is 0 Å². The van der Waals surface area contributed by atoms with Gasteiger partial charge in [0.05, 0.1) is 23.9 Å². The molecule has 0 spiro atoms. The van der Waals surface area contributed by atoms with Crippen molar-refractivity contribution in [3.05, 3.63) is 83.8 Å². The zero-order valence-corrected chi connectivity index (χ0v) is 14.7. The first-order valence-electron chi connectivity index (χ1n) is 8.51. The van der Waals surface area contributed by atoms with Gasteiger partial charge in [-0.15, -0.1) is 0 Å². The van der Waals surface area contributed by atoms with Crippen molar-refractivity contribution >= 4 is 5.91 Å². The Hall–Kier alpha value is -3.67. The monoisotopic (exact) mass is 359 g/mol. The third-order valence-electron chi connectivity index (χ3n) is 4.14. The molecule has 2 aromatic heterocycles. The van der Waals surface area contributed by atoms with Crippen LogP contribution in [-0.4, -0.2) is 16.0 Å². The average Bonchev–Trinajstić information content (AvgIpc) is 3.39. The molecule has 0 aliphatic carbocycles. The number of aromatic nitrogens is 2. The number of carbonyl (C=O) groups excluding carboxylic acids is 1. The SMILES string of the molecule is Cc1ccc(-c2noc(-c3ccccc3C(=O)NCc3ccco3)n2)cc1. The van der Waals surface area contributed by atoms with Crippen LogP contribution in [0.15, 0.2) is 75.9 Å². The Labute approximate surface area is 155 Å². The highest BCUT2D eigenvalue weighted by Crippen LogP contribution is 2.25. The Balaban J connectivity index is 1.59. The Morgan fingerprint density at radius 1 is 1.04 bits per heavy atom. The molecule has 0 saturated carbocycles. The first kappa shape index (κ1) is 16.8. The summed E-state index contributed by atoms with van der Waals surface area (Å²) in [5.41, 5.74) is 3.06. The number of nitrogens with one attached hydrogen (secondary N) is 1. The molecular weight excluding hydrogens is 342 g/mol. The van der Waals surface area contributed by atoms with Gasteiger partial charge in [-0.3, -0.25) is 4.79 Å². The maximum absolute atomic E-state index is 12.6. The molecule has 0 unspecified atom stereocenters. The van der Waals surface area contributed by atoms with Gasteiger partial charge < -0.3 is 14.3 Å². The summed E-state index contributed by atoms with van der Waals surface area (Å²) in [5.74, 6) is 1.22. The van der Waals surface area contributed by atoms with Crippen LogP contribution in [0.4, 0.5) is 0 Å². The van der Waals surface area contributed by atoms with Crippen molar-refractivity contribution in [1.29, 1.82) is 0 Å². The van der Waals surface area contributed by atoms with Crippen LogP contribution in [-0.2, 0) is 6.54 Å². The Bertz CT molecular complexity index is 1050. The second kappa shape index (κ2) is 7.29. The van der Waals surface area contributed by atoms with E-state index in [9.17, 15) is 4.79 Å². The van der Waals surface area contributed by atoms with Crippen LogP contribution in [0, 0.1) is 6.92 Å². The van der Waals surface area contributed by atoms with E-state index in [1.807, 2.05) is 37.3 Å². The first-order valence-corrected chi connectivity index (χ1v) is 8.51. The molecule has 4 aromatic rings. The molecule has 27 heavy (non-hydrogen) atoms. The van der Waals surface area contributed by atoms with E-state index in [0.717, 1.165) is 11.1 Å². The smallest absolute Gasteiger partial charge is 0.259 e. The van der Waals surface area contributed by atoms with Gasteiger partial charge in [0.2, 0.25) is 5.82 Å². The Morgan fingerprint density at radius 3 is 2.63 bits per heavy atom. The number of rotatable bonds is 5. The van der Waals surface area contributed by atoms with Crippen molar-refractivity contribution in [3.8, 4) is 22.8 Å². The van der Waals surface area contributed by atoms with Crippen LogP contribution in [0.2, 0.25) is 0 Å². The van der Waals surface area contributed by atoms with Crippen LogP contribution < -0.4 is 5.32 Å². The van der Waals surface area contributed by atoms with E-state index in [1.165, 1.54) is 0 Å². The van der Waals surface area contributed by atoms with Crippen LogP contribution in [0.3, 0.4) is 0 Å². The summed E-state index contributed by atoms with van der Waals surface area (Å²) in [4.78, 5) is 17.1. The molecule has 134 valence electrons. The second-order valence-corrected chi connectivity index (χ2v) is 6.10. The molecule has 0 radical (unpaired) electrons. The summed E-state index contributed by atoms with van der Waals surface area (Å²) in [6.45, 7) is 2.32. The predicted molar refractivity (Wildman–Crippen MR) is 99.8 cm³/mol. The van der Waals surface area contributed by atoms with Gasteiger partial charge in [0.25, 0.3) is 11.8 Å². The van der Waals surface area contributed by atoms with Crippen LogP contribution in [0.1, 0.15) is 21.7 Å². The van der Waals surface area contributed by atoms with Gasteiger partial charge in [-0.05, 0) is 31.2 Å². The molecule has 0 atom stereocenters. The number of carbonyl (C=O) groups is 1. The fourth-order valence-electron chi connectivity index (χ4n) is 2.70. The zero-order chi connectivity index (χ0) is 18.6. The summed E-state index contributed by atoms with van der Waals surface area (Å²) < 4.78 is 10.7. The highest BCUT2D eigenvalue weighted by atomic mass is 16.5. The topological polar surface area (TPSA) is 81.2 Å². The number of benzene rings is 2. The standard InChI is InChI=1S/C21H17N3O3/c1-14-8-10-15(11-9-14)19-23-21(27-24-19)18-7-3-2-6-17(18)20(25)22-13-16-5-4-12-26-16/h2-12H,13H2,1H3,(H,22,25). The number of hydrogen-bond acceptors (Lipinski definition) is 5. The highest BCUT2D eigenvalue weighted by molar-refractivity contribution is 5.99. The molecule has 2 aromatic carbocycles. The van der Waals surface area contributed by atoms with E-state index in [-0.39, 0.29) is 5.91 Å². The molecule has 0 bridgehead atoms. The summed E-state index contributed by atoms with van der Waals surface area (Å²) in [6, 6.07) is 18.6. The molecule has 0 aliphatic heterocycles. The van der Waals surface area contributed by atoms with E-state index in [2.05, 4.69) is 15.5 Å². The number of hydrogen-bond donors (Lipinski definition) is 1. The minimum absolute atomic E-state index is 0.239. The molecule has 1 N–H and O–H groups in total. The van der Waals surface area contributed by atoms with Crippen molar-refractivity contribution in [2.24, 2.45) is 0 Å². The number of amides is 1. The average molecular weight is 359 g/mol. The third kappa shape index (κ3) is 3.64. The van der Waals surface area contributed by atoms with Crippen molar-refractivity contribution < 1.29 is 13.7 Å². The second-order valence-electron chi connectivity index (χ2n) is 6.10. The summed E-state index contributed by atoms with van der Waals surface area (Å²) in [6.07, 6.45) is 1.57. The van der Waals surface area contributed by atoms with E-state index < -0.39 is 0 Å². The molecule has 0 fully saturated rings. The minimum Gasteiger partial charge on any atom is -0.467 e. The van der Waals surface area contributed by atoms with Crippen LogP contribution >= 0.6 is 0 Å². The Morgan fingerprint density at radius 2 is 1.85 bits per heavy atom. The van der Waals surface area contributed by atoms with Gasteiger partial charge >= 0.3 is 0 Å². The van der Waals surface area contributed by atoms with Gasteiger partial charge in [0.15, 0.2) is 0 Å². The lowest BCUT2D eigenvalue weighted by atomic mass is 10.1. The molecular formula is C21H17N3O3. The quantitative estimate of drug-likeness (QED) is 0.576. The maximum atomic E-state index is 12.6. The van der Waals surface area contributed by atoms with Crippen molar-refractivity contribution in [2.45, 2.75) is 13.5 Å². The number of nitrogens with zero attached hydrogens (tertiary/aromatic N) is 2. The van der Waals surface area contributed by atoms with Crippen LogP contribution in [0.25, 0.3) is 22.8 Å². The number of aryl methyl sites for hydroxylation is 1. The normalized spacial score (nSPS) is 10.7. The van der Waals surface area contributed by atoms with Gasteiger partial charge in [-0.2, -0.15) is 4.98 Å². The van der Waals surface area contributed by atoms with Crippen molar-refractivity contribution in [2.75, 3.05) is 0 Å². The molecule has 0 saturated heterocycles. The van der Waals surface area contributed by atoms with E-state index in [0.29, 0.717) is 35.1 Å². The van der Waals surface area contributed by atoms with Crippen molar-refractivity contribution in [3.63, 3.8) is 0 Å². The Kier molecular flexibility index (Phi) is 4.53. The van der Waals surface area contributed by atoms with Gasteiger partial charge in [0.1, 0.15) is 5.76 Å². The van der Waals surface area contributed by atoms with E-state index in [1.54, 1.807) is 36.6 Å². The predicted octanol–water partition coefficient (Wildman–Crippen LogP) is 4.24.